The molecule has 0 radical (unpaired) electrons. The summed E-state index contributed by atoms with van der Waals surface area (Å²) in [5, 5.41) is 12.0. The van der Waals surface area contributed by atoms with E-state index in [0.717, 1.165) is 16.9 Å². The highest BCUT2D eigenvalue weighted by Crippen LogP contribution is 2.34. The van der Waals surface area contributed by atoms with Crippen LogP contribution in [0.2, 0.25) is 0 Å². The minimum Gasteiger partial charge on any atom is -0.392 e. The largest absolute Gasteiger partial charge is 0.392 e. The van der Waals surface area contributed by atoms with Gasteiger partial charge in [-0.1, -0.05) is 12.1 Å². The third-order valence-electron chi connectivity index (χ3n) is 2.86. The van der Waals surface area contributed by atoms with E-state index in [9.17, 15) is 9.90 Å². The first-order valence-electron chi connectivity index (χ1n) is 4.91. The van der Waals surface area contributed by atoms with Gasteiger partial charge in [0.1, 0.15) is 6.04 Å². The molecule has 0 saturated carbocycles. The van der Waals surface area contributed by atoms with Gasteiger partial charge in [-0.3, -0.25) is 4.79 Å². The van der Waals surface area contributed by atoms with Gasteiger partial charge in [-0.25, -0.2) is 0 Å². The molecule has 1 aromatic rings. The van der Waals surface area contributed by atoms with Gasteiger partial charge in [0.2, 0.25) is 5.91 Å². The number of anilines is 2. The first-order chi connectivity index (χ1) is 7.15. The Bertz CT molecular complexity index is 404. The van der Waals surface area contributed by atoms with Crippen LogP contribution in [0, 0.1) is 0 Å². The third-order valence-corrected chi connectivity index (χ3v) is 2.86. The molecule has 15 heavy (non-hydrogen) atoms. The normalized spacial score (nSPS) is 19.8. The Morgan fingerprint density at radius 1 is 1.53 bits per heavy atom. The maximum Gasteiger partial charge on any atom is 0.246 e. The van der Waals surface area contributed by atoms with Crippen molar-refractivity contribution in [3.8, 4) is 0 Å². The molecule has 2 rings (SSSR count). The van der Waals surface area contributed by atoms with E-state index < -0.39 is 0 Å². The summed E-state index contributed by atoms with van der Waals surface area (Å²) in [7, 11) is 1.86. The average Bonchev–Trinajstić information content (AvgIpc) is 2.25. The van der Waals surface area contributed by atoms with Crippen molar-refractivity contribution in [1.29, 1.82) is 0 Å². The van der Waals surface area contributed by atoms with Gasteiger partial charge < -0.3 is 15.3 Å². The van der Waals surface area contributed by atoms with Crippen molar-refractivity contribution in [1.82, 2.24) is 0 Å². The molecule has 1 amide bonds. The number of amides is 1. The second-order valence-electron chi connectivity index (χ2n) is 3.75. The minimum absolute atomic E-state index is 0.0138. The van der Waals surface area contributed by atoms with Crippen molar-refractivity contribution in [3.05, 3.63) is 23.8 Å². The predicted octanol–water partition coefficient (Wildman–Crippen LogP) is 0.956. The van der Waals surface area contributed by atoms with Crippen LogP contribution in [0.4, 0.5) is 11.4 Å². The fourth-order valence-electron chi connectivity index (χ4n) is 1.84. The SMILES string of the molecule is CC1C(=O)Nc2cccc(CO)c2N1C. The summed E-state index contributed by atoms with van der Waals surface area (Å²) in [6.07, 6.45) is 0. The van der Waals surface area contributed by atoms with E-state index in [4.69, 9.17) is 0 Å². The Hall–Kier alpha value is -1.55. The van der Waals surface area contributed by atoms with Crippen LogP contribution in [0.5, 0.6) is 0 Å². The van der Waals surface area contributed by atoms with Crippen molar-refractivity contribution in [2.75, 3.05) is 17.3 Å². The molecule has 0 fully saturated rings. The highest BCUT2D eigenvalue weighted by Gasteiger charge is 2.28. The van der Waals surface area contributed by atoms with E-state index in [1.54, 1.807) is 0 Å². The number of hydrogen-bond donors (Lipinski definition) is 2. The van der Waals surface area contributed by atoms with E-state index in [1.165, 1.54) is 0 Å². The molecule has 4 nitrogen and oxygen atoms in total. The minimum atomic E-state index is -0.204. The number of nitrogens with one attached hydrogen (secondary N) is 1. The second kappa shape index (κ2) is 3.55. The Kier molecular flexibility index (Phi) is 2.36. The molecule has 2 N–H and O–H groups in total. The van der Waals surface area contributed by atoms with Crippen LogP contribution in [0.3, 0.4) is 0 Å². The predicted molar refractivity (Wildman–Crippen MR) is 58.9 cm³/mol. The number of likely N-dealkylation sites (N-methyl/N-ethyl adjacent to an activating group) is 1. The summed E-state index contributed by atoms with van der Waals surface area (Å²) >= 11 is 0. The van der Waals surface area contributed by atoms with Crippen LogP contribution in [0.1, 0.15) is 12.5 Å². The van der Waals surface area contributed by atoms with E-state index in [0.29, 0.717) is 0 Å². The fraction of sp³-hybridized carbons (Fsp3) is 0.364. The molecule has 0 spiro atoms. The van der Waals surface area contributed by atoms with Crippen molar-refractivity contribution in [2.24, 2.45) is 0 Å². The Labute approximate surface area is 88.5 Å². The standard InChI is InChI=1S/C11H14N2O2/c1-7-11(15)12-9-5-3-4-8(6-14)10(9)13(7)2/h3-5,7,14H,6H2,1-2H3,(H,12,15). The Balaban J connectivity index is 2.55. The van der Waals surface area contributed by atoms with Gasteiger partial charge in [0.05, 0.1) is 18.0 Å². The van der Waals surface area contributed by atoms with Crippen molar-refractivity contribution < 1.29 is 9.90 Å². The number of carbonyl (C=O) groups is 1. The number of benzene rings is 1. The van der Waals surface area contributed by atoms with Gasteiger partial charge >= 0.3 is 0 Å². The molecule has 4 heteroatoms. The molecule has 0 saturated heterocycles. The number of nitrogens with zero attached hydrogens (tertiary/aromatic N) is 1. The Morgan fingerprint density at radius 2 is 2.27 bits per heavy atom. The van der Waals surface area contributed by atoms with Crippen molar-refractivity contribution in [3.63, 3.8) is 0 Å². The lowest BCUT2D eigenvalue weighted by molar-refractivity contribution is -0.117. The fourth-order valence-corrected chi connectivity index (χ4v) is 1.84. The van der Waals surface area contributed by atoms with Crippen LogP contribution in [0.15, 0.2) is 18.2 Å². The molecule has 80 valence electrons. The third kappa shape index (κ3) is 1.47. The first kappa shape index (κ1) is 9.98. The molecular weight excluding hydrogens is 192 g/mol. The maximum atomic E-state index is 11.6. The Morgan fingerprint density at radius 3 is 2.93 bits per heavy atom. The van der Waals surface area contributed by atoms with Crippen LogP contribution >= 0.6 is 0 Å². The molecule has 1 aliphatic heterocycles. The van der Waals surface area contributed by atoms with E-state index >= 15 is 0 Å². The van der Waals surface area contributed by atoms with Crippen LogP contribution in [-0.2, 0) is 11.4 Å². The monoisotopic (exact) mass is 206 g/mol. The average molecular weight is 206 g/mol. The zero-order chi connectivity index (χ0) is 11.0. The molecule has 1 unspecified atom stereocenters. The summed E-state index contributed by atoms with van der Waals surface area (Å²) in [4.78, 5) is 13.4. The maximum absolute atomic E-state index is 11.6. The number of aliphatic hydroxyl groups excluding tert-OH is 1. The number of aliphatic hydroxyl groups is 1. The number of fused-ring (bicyclic) bond motifs is 1. The molecule has 0 aliphatic carbocycles. The highest BCUT2D eigenvalue weighted by atomic mass is 16.3. The number of rotatable bonds is 1. The van der Waals surface area contributed by atoms with Gasteiger partial charge in [0, 0.05) is 12.6 Å². The van der Waals surface area contributed by atoms with Gasteiger partial charge in [-0.05, 0) is 13.0 Å². The summed E-state index contributed by atoms with van der Waals surface area (Å²) in [6, 6.07) is 5.33. The lowest BCUT2D eigenvalue weighted by atomic mass is 10.1. The van der Waals surface area contributed by atoms with Crippen molar-refractivity contribution >= 4 is 17.3 Å². The smallest absolute Gasteiger partial charge is 0.246 e. The summed E-state index contributed by atoms with van der Waals surface area (Å²) in [6.45, 7) is 1.82. The first-order valence-corrected chi connectivity index (χ1v) is 4.91. The molecular formula is C11H14N2O2. The van der Waals surface area contributed by atoms with E-state index in [-0.39, 0.29) is 18.6 Å². The van der Waals surface area contributed by atoms with E-state index in [2.05, 4.69) is 5.32 Å². The second-order valence-corrected chi connectivity index (χ2v) is 3.75. The number of carbonyl (C=O) groups excluding carboxylic acids is 1. The zero-order valence-corrected chi connectivity index (χ0v) is 8.82. The van der Waals surface area contributed by atoms with Crippen LogP contribution in [-0.4, -0.2) is 24.1 Å². The summed E-state index contributed by atoms with van der Waals surface area (Å²) < 4.78 is 0. The molecule has 1 heterocycles. The van der Waals surface area contributed by atoms with Crippen LogP contribution in [0.25, 0.3) is 0 Å². The quantitative estimate of drug-likeness (QED) is 0.719. The van der Waals surface area contributed by atoms with Gasteiger partial charge in [0.15, 0.2) is 0 Å². The van der Waals surface area contributed by atoms with Gasteiger partial charge in [-0.15, -0.1) is 0 Å². The molecule has 1 aromatic carbocycles. The summed E-state index contributed by atoms with van der Waals surface area (Å²) in [5.41, 5.74) is 2.51. The van der Waals surface area contributed by atoms with Crippen molar-refractivity contribution in [2.45, 2.75) is 19.6 Å². The highest BCUT2D eigenvalue weighted by molar-refractivity contribution is 6.03. The summed E-state index contributed by atoms with van der Waals surface area (Å²) in [5.74, 6) is -0.0138. The lowest BCUT2D eigenvalue weighted by Crippen LogP contribution is -2.44. The zero-order valence-electron chi connectivity index (χ0n) is 8.82. The lowest BCUT2D eigenvalue weighted by Gasteiger charge is -2.34. The van der Waals surface area contributed by atoms with Crippen LogP contribution < -0.4 is 10.2 Å². The number of hydrogen-bond acceptors (Lipinski definition) is 3. The van der Waals surface area contributed by atoms with Gasteiger partial charge in [0.25, 0.3) is 0 Å². The molecule has 0 bridgehead atoms. The molecule has 1 atom stereocenters. The topological polar surface area (TPSA) is 52.6 Å². The van der Waals surface area contributed by atoms with Gasteiger partial charge in [-0.2, -0.15) is 0 Å². The molecule has 0 aromatic heterocycles. The van der Waals surface area contributed by atoms with E-state index in [1.807, 2.05) is 37.1 Å². The molecule has 1 aliphatic rings. The number of para-hydroxylation sites is 1.